The minimum absolute atomic E-state index is 0.0113. The number of amides is 2. The number of anilines is 1. The van der Waals surface area contributed by atoms with Gasteiger partial charge in [0.1, 0.15) is 18.0 Å². The third-order valence-corrected chi connectivity index (χ3v) is 3.79. The third-order valence-electron chi connectivity index (χ3n) is 2.84. The van der Waals surface area contributed by atoms with Gasteiger partial charge in [-0.2, -0.15) is 0 Å². The van der Waals surface area contributed by atoms with Crippen LogP contribution in [0.1, 0.15) is 0 Å². The summed E-state index contributed by atoms with van der Waals surface area (Å²) in [4.78, 5) is 25.0. The molecule has 1 fully saturated rings. The number of nitrogens with zero attached hydrogens (tertiary/aromatic N) is 1. The molecule has 0 aromatic heterocycles. The standard InChI is InChI=1S/C13H16N2O4S/c1-18-9-3-4-11(19-2)10(5-9)14-12(16)6-15-8-20-7-13(15)17/h3-5H,6-8H2,1-2H3,(H,14,16). The minimum atomic E-state index is -0.257. The van der Waals surface area contributed by atoms with Gasteiger partial charge in [-0.1, -0.05) is 0 Å². The Morgan fingerprint density at radius 2 is 2.20 bits per heavy atom. The lowest BCUT2D eigenvalue weighted by molar-refractivity contribution is -0.130. The van der Waals surface area contributed by atoms with Crippen LogP contribution in [0.25, 0.3) is 0 Å². The molecule has 2 rings (SSSR count). The molecule has 1 heterocycles. The van der Waals surface area contributed by atoms with Gasteiger partial charge < -0.3 is 19.7 Å². The summed E-state index contributed by atoms with van der Waals surface area (Å²) in [5.41, 5.74) is 0.524. The van der Waals surface area contributed by atoms with Gasteiger partial charge in [0.15, 0.2) is 0 Å². The number of thioether (sulfide) groups is 1. The molecule has 0 saturated carbocycles. The van der Waals surface area contributed by atoms with Crippen LogP contribution in [0.2, 0.25) is 0 Å². The molecular formula is C13H16N2O4S. The Labute approximate surface area is 121 Å². The fourth-order valence-corrected chi connectivity index (χ4v) is 2.72. The Balaban J connectivity index is 2.04. The Bertz CT molecular complexity index is 521. The number of rotatable bonds is 5. The average Bonchev–Trinajstić information content (AvgIpc) is 2.84. The second-order valence-corrected chi connectivity index (χ2v) is 5.14. The second-order valence-electron chi connectivity index (χ2n) is 4.18. The molecule has 0 spiro atoms. The third kappa shape index (κ3) is 3.36. The highest BCUT2D eigenvalue weighted by Crippen LogP contribution is 2.28. The number of hydrogen-bond donors (Lipinski definition) is 1. The van der Waals surface area contributed by atoms with Crippen molar-refractivity contribution in [1.29, 1.82) is 0 Å². The summed E-state index contributed by atoms with van der Waals surface area (Å²) in [5, 5.41) is 2.74. The number of carbonyl (C=O) groups is 2. The zero-order chi connectivity index (χ0) is 14.5. The van der Waals surface area contributed by atoms with Crippen molar-refractivity contribution in [3.63, 3.8) is 0 Å². The molecule has 6 nitrogen and oxygen atoms in total. The van der Waals surface area contributed by atoms with Crippen LogP contribution in [0.15, 0.2) is 18.2 Å². The monoisotopic (exact) mass is 296 g/mol. The van der Waals surface area contributed by atoms with Crippen LogP contribution in [0.3, 0.4) is 0 Å². The molecule has 108 valence electrons. The number of nitrogens with one attached hydrogen (secondary N) is 1. The largest absolute Gasteiger partial charge is 0.497 e. The van der Waals surface area contributed by atoms with Crippen LogP contribution in [0.5, 0.6) is 11.5 Å². The summed E-state index contributed by atoms with van der Waals surface area (Å²) in [6, 6.07) is 5.14. The molecule has 1 N–H and O–H groups in total. The molecule has 1 saturated heterocycles. The van der Waals surface area contributed by atoms with Crippen molar-refractivity contribution >= 4 is 29.3 Å². The first-order chi connectivity index (χ1) is 9.63. The first-order valence-electron chi connectivity index (χ1n) is 6.01. The Hall–Kier alpha value is -1.89. The molecule has 1 aliphatic heterocycles. The normalized spacial score (nSPS) is 14.3. The van der Waals surface area contributed by atoms with E-state index in [1.54, 1.807) is 25.3 Å². The minimum Gasteiger partial charge on any atom is -0.497 e. The summed E-state index contributed by atoms with van der Waals surface area (Å²) >= 11 is 1.50. The van der Waals surface area contributed by atoms with E-state index in [2.05, 4.69) is 5.32 Å². The Kier molecular flexibility index (Phi) is 4.73. The molecule has 0 atom stereocenters. The predicted molar refractivity (Wildman–Crippen MR) is 77.2 cm³/mol. The van der Waals surface area contributed by atoms with E-state index < -0.39 is 0 Å². The maximum atomic E-state index is 12.0. The predicted octanol–water partition coefficient (Wildman–Crippen LogP) is 1.18. The molecule has 1 aromatic carbocycles. The molecule has 0 bridgehead atoms. The van der Waals surface area contributed by atoms with Crippen molar-refractivity contribution in [1.82, 2.24) is 4.90 Å². The molecule has 1 aliphatic rings. The number of benzene rings is 1. The van der Waals surface area contributed by atoms with Gasteiger partial charge in [0.05, 0.1) is 31.5 Å². The van der Waals surface area contributed by atoms with Gasteiger partial charge in [0.25, 0.3) is 0 Å². The van der Waals surface area contributed by atoms with Crippen molar-refractivity contribution in [2.45, 2.75) is 0 Å². The average molecular weight is 296 g/mol. The van der Waals surface area contributed by atoms with E-state index in [1.807, 2.05) is 0 Å². The maximum Gasteiger partial charge on any atom is 0.244 e. The molecular weight excluding hydrogens is 280 g/mol. The van der Waals surface area contributed by atoms with Crippen molar-refractivity contribution < 1.29 is 19.1 Å². The summed E-state index contributed by atoms with van der Waals surface area (Å²) in [7, 11) is 3.08. The zero-order valence-electron chi connectivity index (χ0n) is 11.3. The van der Waals surface area contributed by atoms with Gasteiger partial charge in [-0.25, -0.2) is 0 Å². The van der Waals surface area contributed by atoms with Gasteiger partial charge in [-0.3, -0.25) is 9.59 Å². The smallest absolute Gasteiger partial charge is 0.244 e. The van der Waals surface area contributed by atoms with Crippen LogP contribution in [0, 0.1) is 0 Å². The number of methoxy groups -OCH3 is 2. The van der Waals surface area contributed by atoms with E-state index in [4.69, 9.17) is 9.47 Å². The van der Waals surface area contributed by atoms with Gasteiger partial charge in [0, 0.05) is 6.07 Å². The number of ether oxygens (including phenoxy) is 2. The van der Waals surface area contributed by atoms with Crippen LogP contribution in [-0.4, -0.2) is 49.1 Å². The first-order valence-corrected chi connectivity index (χ1v) is 7.17. The lowest BCUT2D eigenvalue weighted by Crippen LogP contribution is -2.34. The lowest BCUT2D eigenvalue weighted by Gasteiger charge is -2.16. The molecule has 0 aliphatic carbocycles. The molecule has 1 aromatic rings. The molecule has 20 heavy (non-hydrogen) atoms. The van der Waals surface area contributed by atoms with Crippen molar-refractivity contribution in [3.05, 3.63) is 18.2 Å². The highest BCUT2D eigenvalue weighted by atomic mass is 32.2. The topological polar surface area (TPSA) is 67.9 Å². The van der Waals surface area contributed by atoms with Crippen molar-refractivity contribution in [2.75, 3.05) is 37.7 Å². The van der Waals surface area contributed by atoms with Gasteiger partial charge in [0.2, 0.25) is 11.8 Å². The van der Waals surface area contributed by atoms with Crippen LogP contribution >= 0.6 is 11.8 Å². The highest BCUT2D eigenvalue weighted by Gasteiger charge is 2.23. The Morgan fingerprint density at radius 1 is 1.40 bits per heavy atom. The van der Waals surface area contributed by atoms with E-state index in [0.29, 0.717) is 28.8 Å². The van der Waals surface area contributed by atoms with Crippen molar-refractivity contribution in [3.8, 4) is 11.5 Å². The lowest BCUT2D eigenvalue weighted by atomic mass is 10.2. The van der Waals surface area contributed by atoms with E-state index in [0.717, 1.165) is 0 Å². The van der Waals surface area contributed by atoms with E-state index in [9.17, 15) is 9.59 Å². The summed E-state index contributed by atoms with van der Waals surface area (Å²) in [5.74, 6) is 1.89. The van der Waals surface area contributed by atoms with Crippen LogP contribution < -0.4 is 14.8 Å². The first kappa shape index (κ1) is 14.5. The molecule has 7 heteroatoms. The zero-order valence-corrected chi connectivity index (χ0v) is 12.2. The van der Waals surface area contributed by atoms with E-state index in [1.165, 1.54) is 23.8 Å². The SMILES string of the molecule is COc1ccc(OC)c(NC(=O)CN2CSCC2=O)c1. The van der Waals surface area contributed by atoms with Gasteiger partial charge in [-0.15, -0.1) is 11.8 Å². The fourth-order valence-electron chi connectivity index (χ4n) is 1.82. The summed E-state index contributed by atoms with van der Waals surface area (Å²) < 4.78 is 10.3. The number of carbonyl (C=O) groups excluding carboxylic acids is 2. The fraction of sp³-hybridized carbons (Fsp3) is 0.385. The Morgan fingerprint density at radius 3 is 2.80 bits per heavy atom. The van der Waals surface area contributed by atoms with Crippen molar-refractivity contribution in [2.24, 2.45) is 0 Å². The van der Waals surface area contributed by atoms with Gasteiger partial charge in [-0.05, 0) is 12.1 Å². The molecule has 0 radical (unpaired) electrons. The summed E-state index contributed by atoms with van der Waals surface area (Å²) in [6.45, 7) is 0.0478. The van der Waals surface area contributed by atoms with Crippen LogP contribution in [-0.2, 0) is 9.59 Å². The quantitative estimate of drug-likeness (QED) is 0.883. The molecule has 0 unspecified atom stereocenters. The highest BCUT2D eigenvalue weighted by molar-refractivity contribution is 8.00. The maximum absolute atomic E-state index is 12.0. The van der Waals surface area contributed by atoms with Gasteiger partial charge >= 0.3 is 0 Å². The van der Waals surface area contributed by atoms with E-state index in [-0.39, 0.29) is 18.4 Å². The van der Waals surface area contributed by atoms with E-state index >= 15 is 0 Å². The molecule has 2 amide bonds. The summed E-state index contributed by atoms with van der Waals surface area (Å²) in [6.07, 6.45) is 0. The second kappa shape index (κ2) is 6.51. The number of hydrogen-bond acceptors (Lipinski definition) is 5. The van der Waals surface area contributed by atoms with Crippen LogP contribution in [0.4, 0.5) is 5.69 Å².